The summed E-state index contributed by atoms with van der Waals surface area (Å²) < 4.78 is 22.8. The first-order valence-corrected chi connectivity index (χ1v) is 11.4. The van der Waals surface area contributed by atoms with E-state index in [-0.39, 0.29) is 5.92 Å². The van der Waals surface area contributed by atoms with Crippen LogP contribution in [0.2, 0.25) is 0 Å². The molecule has 5 rings (SSSR count). The van der Waals surface area contributed by atoms with Gasteiger partial charge >= 0.3 is 0 Å². The fourth-order valence-electron chi connectivity index (χ4n) is 5.21. The van der Waals surface area contributed by atoms with Crippen LogP contribution in [0.3, 0.4) is 0 Å². The fourth-order valence-corrected chi connectivity index (χ4v) is 5.21. The van der Waals surface area contributed by atoms with E-state index >= 15 is 4.39 Å². The Kier molecular flexibility index (Phi) is 5.59. The van der Waals surface area contributed by atoms with Crippen molar-refractivity contribution < 1.29 is 9.13 Å². The van der Waals surface area contributed by atoms with Crippen molar-refractivity contribution in [3.63, 3.8) is 0 Å². The molecule has 0 unspecified atom stereocenters. The number of anilines is 2. The van der Waals surface area contributed by atoms with Crippen molar-refractivity contribution in [1.82, 2.24) is 24.6 Å². The molecule has 0 radical (unpaired) electrons. The molecule has 0 aliphatic carbocycles. The van der Waals surface area contributed by atoms with Crippen LogP contribution in [0.5, 0.6) is 0 Å². The van der Waals surface area contributed by atoms with Crippen LogP contribution < -0.4 is 5.32 Å². The largest absolute Gasteiger partial charge is 0.379 e. The summed E-state index contributed by atoms with van der Waals surface area (Å²) >= 11 is 0. The number of piperidine rings is 1. The summed E-state index contributed by atoms with van der Waals surface area (Å²) in [5.41, 5.74) is 3.91. The maximum absolute atomic E-state index is 15.4. The minimum absolute atomic E-state index is 0.112. The predicted octanol–water partition coefficient (Wildman–Crippen LogP) is 3.89. The lowest BCUT2D eigenvalue weighted by Crippen LogP contribution is -2.48. The van der Waals surface area contributed by atoms with Gasteiger partial charge in [0.05, 0.1) is 24.4 Å². The van der Waals surface area contributed by atoms with E-state index in [0.29, 0.717) is 24.5 Å². The molecule has 0 bridgehead atoms. The molecule has 0 saturated carbocycles. The molecule has 2 aliphatic rings. The van der Waals surface area contributed by atoms with Crippen molar-refractivity contribution in [2.75, 3.05) is 31.6 Å². The number of halogens is 1. The number of likely N-dealkylation sites (tertiary alicyclic amines) is 1. The van der Waals surface area contributed by atoms with Crippen LogP contribution in [0.4, 0.5) is 16.2 Å². The first-order valence-electron chi connectivity index (χ1n) is 11.4. The van der Waals surface area contributed by atoms with Crippen LogP contribution in [-0.4, -0.2) is 63.2 Å². The smallest absolute Gasteiger partial charge is 0.228 e. The first kappa shape index (κ1) is 21.3. The zero-order valence-corrected chi connectivity index (χ0v) is 19.2. The molecule has 0 spiro atoms. The molecule has 2 aromatic heterocycles. The summed E-state index contributed by atoms with van der Waals surface area (Å²) in [6.45, 7) is 9.07. The molecule has 1 N–H and O–H groups in total. The van der Waals surface area contributed by atoms with Gasteiger partial charge in [0, 0.05) is 43.2 Å². The Morgan fingerprint density at radius 3 is 2.72 bits per heavy atom. The third-order valence-electron chi connectivity index (χ3n) is 6.98. The van der Waals surface area contributed by atoms with E-state index < -0.39 is 6.17 Å². The van der Waals surface area contributed by atoms with Gasteiger partial charge in [-0.05, 0) is 56.0 Å². The third kappa shape index (κ3) is 3.97. The van der Waals surface area contributed by atoms with Gasteiger partial charge < -0.3 is 10.1 Å². The minimum Gasteiger partial charge on any atom is -0.379 e. The number of nitrogens with one attached hydrogen (secondary N) is 1. The third-order valence-corrected chi connectivity index (χ3v) is 6.98. The average Bonchev–Trinajstić information content (AvgIpc) is 3.32. The van der Waals surface area contributed by atoms with Crippen LogP contribution in [0.1, 0.15) is 36.1 Å². The van der Waals surface area contributed by atoms with Crippen LogP contribution in [0.15, 0.2) is 24.4 Å². The quantitative estimate of drug-likeness (QED) is 0.667. The molecule has 4 atom stereocenters. The van der Waals surface area contributed by atoms with Gasteiger partial charge in [0.15, 0.2) is 0 Å². The summed E-state index contributed by atoms with van der Waals surface area (Å²) in [5, 5.41) is 8.54. The van der Waals surface area contributed by atoms with E-state index in [0.717, 1.165) is 59.7 Å². The normalized spacial score (nSPS) is 26.7. The maximum atomic E-state index is 15.4. The van der Waals surface area contributed by atoms with Crippen molar-refractivity contribution in [2.24, 2.45) is 13.0 Å². The monoisotopic (exact) mass is 438 g/mol. The zero-order valence-electron chi connectivity index (χ0n) is 19.2. The molecular weight excluding hydrogens is 407 g/mol. The summed E-state index contributed by atoms with van der Waals surface area (Å²) in [4.78, 5) is 11.5. The van der Waals surface area contributed by atoms with E-state index in [1.54, 1.807) is 4.68 Å². The van der Waals surface area contributed by atoms with Gasteiger partial charge in [0.1, 0.15) is 12.0 Å². The number of aromatic nitrogens is 4. The highest BCUT2D eigenvalue weighted by atomic mass is 19.1. The lowest BCUT2D eigenvalue weighted by molar-refractivity contribution is 0.0657. The molecule has 2 saturated heterocycles. The van der Waals surface area contributed by atoms with E-state index in [1.807, 2.05) is 26.2 Å². The number of rotatable bonds is 4. The topological polar surface area (TPSA) is 68.1 Å². The Labute approximate surface area is 188 Å². The van der Waals surface area contributed by atoms with Gasteiger partial charge in [-0.15, -0.1) is 0 Å². The summed E-state index contributed by atoms with van der Waals surface area (Å²) in [7, 11) is 1.88. The highest BCUT2D eigenvalue weighted by molar-refractivity contribution is 5.81. The molecule has 2 aliphatic heterocycles. The molecule has 32 heavy (non-hydrogen) atoms. The average molecular weight is 439 g/mol. The minimum atomic E-state index is -0.899. The van der Waals surface area contributed by atoms with E-state index in [1.165, 1.54) is 0 Å². The summed E-state index contributed by atoms with van der Waals surface area (Å²) in [6.07, 6.45) is 1.73. The van der Waals surface area contributed by atoms with E-state index in [4.69, 9.17) is 9.72 Å². The first-order chi connectivity index (χ1) is 15.4. The van der Waals surface area contributed by atoms with Crippen molar-refractivity contribution in [3.8, 4) is 0 Å². The summed E-state index contributed by atoms with van der Waals surface area (Å²) in [6, 6.07) is 6.42. The Morgan fingerprint density at radius 1 is 1.19 bits per heavy atom. The Balaban J connectivity index is 1.39. The Bertz CT molecular complexity index is 1130. The number of hydrogen-bond acceptors (Lipinski definition) is 6. The maximum Gasteiger partial charge on any atom is 0.228 e. The molecule has 170 valence electrons. The highest BCUT2D eigenvalue weighted by Gasteiger charge is 2.37. The second-order valence-corrected chi connectivity index (χ2v) is 9.37. The fraction of sp³-hybridized carbons (Fsp3) is 0.542. The molecule has 0 amide bonds. The van der Waals surface area contributed by atoms with Crippen molar-refractivity contribution in [3.05, 3.63) is 41.2 Å². The summed E-state index contributed by atoms with van der Waals surface area (Å²) in [5.74, 6) is 1.69. The predicted molar refractivity (Wildman–Crippen MR) is 123 cm³/mol. The van der Waals surface area contributed by atoms with E-state index in [2.05, 4.69) is 46.3 Å². The number of aryl methyl sites for hydroxylation is 3. The lowest BCUT2D eigenvalue weighted by Gasteiger charge is -2.39. The van der Waals surface area contributed by atoms with Gasteiger partial charge in [-0.1, -0.05) is 6.92 Å². The van der Waals surface area contributed by atoms with Gasteiger partial charge in [0.25, 0.3) is 0 Å². The van der Waals surface area contributed by atoms with Crippen LogP contribution in [0, 0.1) is 19.8 Å². The number of nitrogens with zero attached hydrogens (tertiary/aromatic N) is 5. The number of alkyl halides is 1. The zero-order chi connectivity index (χ0) is 22.4. The molecule has 1 aromatic carbocycles. The Morgan fingerprint density at radius 2 is 2.03 bits per heavy atom. The van der Waals surface area contributed by atoms with Gasteiger partial charge in [-0.3, -0.25) is 9.58 Å². The molecule has 2 fully saturated rings. The standard InChI is InChI=1S/C24H31FN6O/c1-14-7-17-10-26-24(28-23-8-16(3)29-30(23)4)27-21(17)9-19(14)18-5-6-31(11-20(18)25)22-13-32-12-15(22)2/h7-10,15,18,20,22H,5-6,11-13H2,1-4H3,(H,26,27,28)/t15-,18+,20-,22+/m1/s1. The molecule has 7 nitrogen and oxygen atoms in total. The molecule has 8 heteroatoms. The second kappa shape index (κ2) is 8.41. The number of hydrogen-bond donors (Lipinski definition) is 1. The molecule has 3 aromatic rings. The number of benzene rings is 1. The van der Waals surface area contributed by atoms with E-state index in [9.17, 15) is 0 Å². The highest BCUT2D eigenvalue weighted by Crippen LogP contribution is 2.36. The lowest BCUT2D eigenvalue weighted by atomic mass is 9.84. The molecule has 4 heterocycles. The van der Waals surface area contributed by atoms with Gasteiger partial charge in [0.2, 0.25) is 5.95 Å². The van der Waals surface area contributed by atoms with Crippen molar-refractivity contribution in [2.45, 2.75) is 45.3 Å². The van der Waals surface area contributed by atoms with Gasteiger partial charge in [-0.25, -0.2) is 14.4 Å². The molecular formula is C24H31FN6O. The number of ether oxygens (including phenoxy) is 1. The SMILES string of the molecule is Cc1cc(Nc2ncc3cc(C)c([C@@H]4CCN([C@H]5COC[C@H]5C)C[C@H]4F)cc3n2)n(C)n1. The second-order valence-electron chi connectivity index (χ2n) is 9.37. The van der Waals surface area contributed by atoms with Crippen LogP contribution in [-0.2, 0) is 11.8 Å². The van der Waals surface area contributed by atoms with Gasteiger partial charge in [-0.2, -0.15) is 5.10 Å². The number of fused-ring (bicyclic) bond motifs is 1. The van der Waals surface area contributed by atoms with Crippen LogP contribution >= 0.6 is 0 Å². The van der Waals surface area contributed by atoms with Crippen molar-refractivity contribution in [1.29, 1.82) is 0 Å². The Hall–Kier alpha value is -2.58. The van der Waals surface area contributed by atoms with Crippen LogP contribution in [0.25, 0.3) is 10.9 Å². The van der Waals surface area contributed by atoms with Crippen molar-refractivity contribution >= 4 is 22.7 Å².